The Balaban J connectivity index is 1.56. The summed E-state index contributed by atoms with van der Waals surface area (Å²) >= 11 is 0. The fraction of sp³-hybridized carbons (Fsp3) is 0.227. The number of aryl methyl sites for hydroxylation is 2. The molecular formula is C22H24N2O6S2. The zero-order chi connectivity index (χ0) is 23.4. The molecule has 1 N–H and O–H groups in total. The lowest BCUT2D eigenvalue weighted by Gasteiger charge is -2.09. The standard InChI is InChI=1S/C22H24N2O6S2/c1-17-6-10-21(11-7-17)31(26,27)24-14-19(23-16-24)4-3-5-20(25)15-30-32(28,29)22-12-8-18(2)9-13-22/h3-4,6-14,16,20,25H,5,15H2,1-2H3/b4-3-/t20-/m0/s1. The summed E-state index contributed by atoms with van der Waals surface area (Å²) in [5.74, 6) is 0. The summed E-state index contributed by atoms with van der Waals surface area (Å²) in [5, 5.41) is 10.0. The maximum Gasteiger partial charge on any atom is 0.297 e. The second-order valence-corrected chi connectivity index (χ2v) is 10.7. The van der Waals surface area contributed by atoms with Crippen LogP contribution in [0.15, 0.2) is 76.9 Å². The molecule has 1 heterocycles. The first-order valence-corrected chi connectivity index (χ1v) is 12.6. The largest absolute Gasteiger partial charge is 0.390 e. The average molecular weight is 477 g/mol. The Labute approximate surface area is 188 Å². The van der Waals surface area contributed by atoms with Crippen LogP contribution in [0.4, 0.5) is 0 Å². The van der Waals surface area contributed by atoms with E-state index < -0.39 is 32.9 Å². The minimum Gasteiger partial charge on any atom is -0.390 e. The highest BCUT2D eigenvalue weighted by atomic mass is 32.2. The predicted molar refractivity (Wildman–Crippen MR) is 120 cm³/mol. The van der Waals surface area contributed by atoms with Crippen LogP contribution in [-0.2, 0) is 24.3 Å². The third-order valence-corrected chi connectivity index (χ3v) is 7.52. The van der Waals surface area contributed by atoms with Gasteiger partial charge in [-0.25, -0.2) is 17.4 Å². The Morgan fingerprint density at radius 3 is 2.12 bits per heavy atom. The van der Waals surface area contributed by atoms with Gasteiger partial charge in [0.1, 0.15) is 6.33 Å². The van der Waals surface area contributed by atoms with Gasteiger partial charge < -0.3 is 5.11 Å². The van der Waals surface area contributed by atoms with Crippen molar-refractivity contribution in [3.8, 4) is 0 Å². The molecule has 0 spiro atoms. The van der Waals surface area contributed by atoms with Gasteiger partial charge in [-0.15, -0.1) is 0 Å². The van der Waals surface area contributed by atoms with E-state index in [2.05, 4.69) is 4.98 Å². The van der Waals surface area contributed by atoms with Crippen LogP contribution in [0.25, 0.3) is 6.08 Å². The molecule has 32 heavy (non-hydrogen) atoms. The van der Waals surface area contributed by atoms with Crippen LogP contribution >= 0.6 is 0 Å². The number of aliphatic hydroxyl groups is 1. The fourth-order valence-corrected chi connectivity index (χ4v) is 4.81. The van der Waals surface area contributed by atoms with Crippen molar-refractivity contribution in [1.82, 2.24) is 8.96 Å². The highest BCUT2D eigenvalue weighted by Crippen LogP contribution is 2.16. The molecule has 0 aliphatic rings. The molecule has 0 fully saturated rings. The molecule has 1 atom stereocenters. The molecule has 8 nitrogen and oxygen atoms in total. The molecule has 0 saturated heterocycles. The number of imidazole rings is 1. The summed E-state index contributed by atoms with van der Waals surface area (Å²) < 4.78 is 55.5. The molecule has 0 radical (unpaired) electrons. The van der Waals surface area contributed by atoms with Gasteiger partial charge in [-0.3, -0.25) is 4.18 Å². The molecule has 0 unspecified atom stereocenters. The zero-order valence-corrected chi connectivity index (χ0v) is 19.3. The van der Waals surface area contributed by atoms with Crippen molar-refractivity contribution in [1.29, 1.82) is 0 Å². The van der Waals surface area contributed by atoms with E-state index >= 15 is 0 Å². The van der Waals surface area contributed by atoms with Crippen molar-refractivity contribution >= 4 is 26.2 Å². The monoisotopic (exact) mass is 476 g/mol. The van der Waals surface area contributed by atoms with E-state index in [1.54, 1.807) is 36.4 Å². The highest BCUT2D eigenvalue weighted by Gasteiger charge is 2.18. The van der Waals surface area contributed by atoms with Gasteiger partial charge >= 0.3 is 0 Å². The topological polar surface area (TPSA) is 116 Å². The van der Waals surface area contributed by atoms with Crippen molar-refractivity contribution in [2.24, 2.45) is 0 Å². The molecule has 3 aromatic rings. The van der Waals surface area contributed by atoms with E-state index in [4.69, 9.17) is 4.18 Å². The average Bonchev–Trinajstić information content (AvgIpc) is 3.23. The minimum absolute atomic E-state index is 0.0196. The molecular weight excluding hydrogens is 452 g/mol. The zero-order valence-electron chi connectivity index (χ0n) is 17.6. The number of aromatic nitrogens is 2. The fourth-order valence-electron chi connectivity index (χ4n) is 2.73. The minimum atomic E-state index is -3.96. The van der Waals surface area contributed by atoms with Crippen molar-refractivity contribution < 1.29 is 26.1 Å². The highest BCUT2D eigenvalue weighted by molar-refractivity contribution is 7.90. The molecule has 0 bridgehead atoms. The van der Waals surface area contributed by atoms with E-state index in [1.807, 2.05) is 13.8 Å². The molecule has 1 aromatic heterocycles. The van der Waals surface area contributed by atoms with Gasteiger partial charge in [0.25, 0.3) is 20.1 Å². The SMILES string of the molecule is Cc1ccc(S(=O)(=O)OC[C@@H](O)C/C=C\c2cn(S(=O)(=O)c3ccc(C)cc3)cn2)cc1. The lowest BCUT2D eigenvalue weighted by Crippen LogP contribution is -2.18. The summed E-state index contributed by atoms with van der Waals surface area (Å²) in [4.78, 5) is 4.21. The Morgan fingerprint density at radius 2 is 1.53 bits per heavy atom. The first-order valence-electron chi connectivity index (χ1n) is 9.75. The number of rotatable bonds is 9. The van der Waals surface area contributed by atoms with Gasteiger partial charge in [0.15, 0.2) is 0 Å². The molecule has 170 valence electrons. The summed E-state index contributed by atoms with van der Waals surface area (Å²) in [6.45, 7) is 3.30. The Bertz CT molecular complexity index is 1290. The van der Waals surface area contributed by atoms with E-state index in [1.165, 1.54) is 36.8 Å². The third kappa shape index (κ3) is 5.92. The van der Waals surface area contributed by atoms with E-state index in [-0.39, 0.29) is 16.2 Å². The summed E-state index contributed by atoms with van der Waals surface area (Å²) in [7, 11) is -7.70. The Kier molecular flexibility index (Phi) is 7.29. The van der Waals surface area contributed by atoms with E-state index in [0.717, 1.165) is 15.1 Å². The predicted octanol–water partition coefficient (Wildman–Crippen LogP) is 2.91. The third-order valence-electron chi connectivity index (χ3n) is 4.60. The van der Waals surface area contributed by atoms with Gasteiger partial charge in [0.2, 0.25) is 0 Å². The van der Waals surface area contributed by atoms with Gasteiger partial charge in [0, 0.05) is 6.20 Å². The van der Waals surface area contributed by atoms with Crippen LogP contribution in [0.1, 0.15) is 23.2 Å². The molecule has 3 rings (SSSR count). The first-order chi connectivity index (χ1) is 15.1. The van der Waals surface area contributed by atoms with Crippen molar-refractivity contribution in [2.45, 2.75) is 36.2 Å². The summed E-state index contributed by atoms with van der Waals surface area (Å²) in [6.07, 6.45) is 4.70. The van der Waals surface area contributed by atoms with Crippen molar-refractivity contribution in [3.05, 3.63) is 84.0 Å². The number of hydrogen-bond donors (Lipinski definition) is 1. The number of aliphatic hydroxyl groups excluding tert-OH is 1. The lowest BCUT2D eigenvalue weighted by molar-refractivity contribution is 0.113. The molecule has 0 amide bonds. The van der Waals surface area contributed by atoms with Gasteiger partial charge in [-0.05, 0) is 50.6 Å². The van der Waals surface area contributed by atoms with E-state index in [0.29, 0.717) is 5.69 Å². The molecule has 0 saturated carbocycles. The van der Waals surface area contributed by atoms with Crippen LogP contribution in [0.5, 0.6) is 0 Å². The Morgan fingerprint density at radius 1 is 0.969 bits per heavy atom. The molecule has 0 aliphatic carbocycles. The number of nitrogens with zero attached hydrogens (tertiary/aromatic N) is 2. The van der Waals surface area contributed by atoms with Crippen LogP contribution in [-0.4, -0.2) is 43.6 Å². The lowest BCUT2D eigenvalue weighted by atomic mass is 10.2. The van der Waals surface area contributed by atoms with Crippen LogP contribution < -0.4 is 0 Å². The number of benzene rings is 2. The van der Waals surface area contributed by atoms with Crippen molar-refractivity contribution in [2.75, 3.05) is 6.61 Å². The maximum absolute atomic E-state index is 12.6. The van der Waals surface area contributed by atoms with Gasteiger partial charge in [-0.2, -0.15) is 8.42 Å². The van der Waals surface area contributed by atoms with Crippen LogP contribution in [0.3, 0.4) is 0 Å². The number of hydrogen-bond acceptors (Lipinski definition) is 7. The van der Waals surface area contributed by atoms with E-state index in [9.17, 15) is 21.9 Å². The maximum atomic E-state index is 12.6. The van der Waals surface area contributed by atoms with Crippen LogP contribution in [0.2, 0.25) is 0 Å². The smallest absolute Gasteiger partial charge is 0.297 e. The second kappa shape index (κ2) is 9.78. The molecule has 10 heteroatoms. The molecule has 2 aromatic carbocycles. The van der Waals surface area contributed by atoms with Crippen molar-refractivity contribution in [3.63, 3.8) is 0 Å². The van der Waals surface area contributed by atoms with Gasteiger partial charge in [-0.1, -0.05) is 41.5 Å². The van der Waals surface area contributed by atoms with Crippen LogP contribution in [0, 0.1) is 13.8 Å². The normalized spacial score (nSPS) is 13.5. The van der Waals surface area contributed by atoms with Gasteiger partial charge in [0.05, 0.1) is 28.2 Å². The summed E-state index contributed by atoms with van der Waals surface area (Å²) in [5.41, 5.74) is 2.25. The quantitative estimate of drug-likeness (QED) is 0.472. The Hall–Kier alpha value is -2.79. The summed E-state index contributed by atoms with van der Waals surface area (Å²) in [6, 6.07) is 12.7. The molecule has 0 aliphatic heterocycles. The second-order valence-electron chi connectivity index (χ2n) is 7.29. The first kappa shape index (κ1) is 23.9.